The summed E-state index contributed by atoms with van der Waals surface area (Å²) >= 11 is 0. The van der Waals surface area contributed by atoms with Gasteiger partial charge in [0.1, 0.15) is 0 Å². The summed E-state index contributed by atoms with van der Waals surface area (Å²) in [4.78, 5) is 30.5. The van der Waals surface area contributed by atoms with Crippen LogP contribution >= 0.6 is 0 Å². The minimum absolute atomic E-state index is 0.164. The van der Waals surface area contributed by atoms with Crippen molar-refractivity contribution < 1.29 is 9.59 Å². The molecule has 4 aromatic carbocycles. The highest BCUT2D eigenvalue weighted by atomic mass is 16.2. The highest BCUT2D eigenvalue weighted by Gasteiger charge is 2.23. The van der Waals surface area contributed by atoms with E-state index in [0.717, 1.165) is 97.1 Å². The molecule has 55 heavy (non-hydrogen) atoms. The molecule has 2 atom stereocenters. The smallest absolute Gasteiger partial charge is 0.220 e. The van der Waals surface area contributed by atoms with Gasteiger partial charge in [0.2, 0.25) is 11.8 Å². The van der Waals surface area contributed by atoms with Gasteiger partial charge in [-0.15, -0.1) is 0 Å². The van der Waals surface area contributed by atoms with Crippen molar-refractivity contribution in [2.45, 2.75) is 108 Å². The number of carbonyl (C=O) groups excluding carboxylic acids is 2. The van der Waals surface area contributed by atoms with E-state index in [0.29, 0.717) is 24.7 Å². The zero-order valence-corrected chi connectivity index (χ0v) is 33.4. The van der Waals surface area contributed by atoms with Crippen molar-refractivity contribution in [2.75, 3.05) is 39.3 Å². The second kappa shape index (κ2) is 21.2. The summed E-state index contributed by atoms with van der Waals surface area (Å²) in [7, 11) is 0. The number of carbonyl (C=O) groups is 2. The van der Waals surface area contributed by atoms with Gasteiger partial charge >= 0.3 is 0 Å². The molecule has 2 amide bonds. The number of hydrogen-bond donors (Lipinski definition) is 2. The lowest BCUT2D eigenvalue weighted by atomic mass is 9.94. The highest BCUT2D eigenvalue weighted by molar-refractivity contribution is 5.77. The molecular formula is C49H64N4O2. The predicted molar refractivity (Wildman–Crippen MR) is 228 cm³/mol. The molecule has 4 aromatic rings. The minimum Gasteiger partial charge on any atom is -0.353 e. The quantitative estimate of drug-likeness (QED) is 0.0998. The molecule has 2 aliphatic heterocycles. The zero-order chi connectivity index (χ0) is 38.2. The summed E-state index contributed by atoms with van der Waals surface area (Å²) in [6.45, 7) is 11.0. The van der Waals surface area contributed by atoms with Crippen molar-refractivity contribution in [2.24, 2.45) is 0 Å². The Morgan fingerprint density at radius 3 is 1.22 bits per heavy atom. The van der Waals surface area contributed by atoms with E-state index in [9.17, 15) is 9.59 Å². The first-order valence-electron chi connectivity index (χ1n) is 21.2. The van der Waals surface area contributed by atoms with Crippen LogP contribution in [0, 0.1) is 0 Å². The maximum atomic E-state index is 12.7. The zero-order valence-electron chi connectivity index (χ0n) is 33.4. The predicted octanol–water partition coefficient (Wildman–Crippen LogP) is 9.82. The van der Waals surface area contributed by atoms with Crippen LogP contribution in [0.25, 0.3) is 22.3 Å². The van der Waals surface area contributed by atoms with Gasteiger partial charge in [0.05, 0.1) is 0 Å². The van der Waals surface area contributed by atoms with Gasteiger partial charge in [0, 0.05) is 51.1 Å². The van der Waals surface area contributed by atoms with E-state index in [1.54, 1.807) is 0 Å². The lowest BCUT2D eigenvalue weighted by Gasteiger charge is -2.33. The molecular weight excluding hydrogens is 677 g/mol. The largest absolute Gasteiger partial charge is 0.353 e. The molecule has 2 aliphatic rings. The standard InChI is InChI=1S/C49H64N4O2/c1-38(40-18-22-44(23-19-40)42-12-6-3-7-13-42)26-32-52-34-28-46(29-35-52)50-48(54)16-10-5-11-17-49(55)51-47-30-36-53(37-31-47)33-27-39(2)41-20-24-45(25-21-41)43-14-8-4-9-15-43/h3-4,6-9,12-15,18-25,38-39,46-47H,5,10-11,16-17,26-37H2,1-2H3,(H,50,54)(H,51,55)/t38-,39-/m1/s1. The summed E-state index contributed by atoms with van der Waals surface area (Å²) in [6, 6.07) is 39.8. The van der Waals surface area contributed by atoms with E-state index in [1.165, 1.54) is 33.4 Å². The van der Waals surface area contributed by atoms with E-state index in [4.69, 9.17) is 0 Å². The maximum Gasteiger partial charge on any atom is 0.220 e. The number of likely N-dealkylation sites (tertiary alicyclic amines) is 2. The van der Waals surface area contributed by atoms with Crippen LogP contribution in [0.5, 0.6) is 0 Å². The number of piperidine rings is 2. The molecule has 0 unspecified atom stereocenters. The van der Waals surface area contributed by atoms with Gasteiger partial charge in [0.15, 0.2) is 0 Å². The van der Waals surface area contributed by atoms with Crippen LogP contribution < -0.4 is 10.6 Å². The fraction of sp³-hybridized carbons (Fsp3) is 0.469. The average molecular weight is 741 g/mol. The van der Waals surface area contributed by atoms with Gasteiger partial charge < -0.3 is 20.4 Å². The van der Waals surface area contributed by atoms with Crippen LogP contribution in [-0.4, -0.2) is 73.0 Å². The number of benzene rings is 4. The van der Waals surface area contributed by atoms with E-state index in [2.05, 4.69) is 143 Å². The Morgan fingerprint density at radius 1 is 0.509 bits per heavy atom. The topological polar surface area (TPSA) is 64.7 Å². The first-order chi connectivity index (χ1) is 26.9. The molecule has 0 saturated carbocycles. The number of nitrogens with one attached hydrogen (secondary N) is 2. The number of unbranched alkanes of at least 4 members (excludes halogenated alkanes) is 2. The van der Waals surface area contributed by atoms with E-state index < -0.39 is 0 Å². The molecule has 0 aliphatic carbocycles. The highest BCUT2D eigenvalue weighted by Crippen LogP contribution is 2.27. The molecule has 2 N–H and O–H groups in total. The van der Waals surface area contributed by atoms with E-state index in [1.807, 2.05) is 0 Å². The first-order valence-corrected chi connectivity index (χ1v) is 21.2. The molecule has 2 fully saturated rings. The van der Waals surface area contributed by atoms with Gasteiger partial charge in [-0.3, -0.25) is 9.59 Å². The average Bonchev–Trinajstić information content (AvgIpc) is 3.23. The van der Waals surface area contributed by atoms with Gasteiger partial charge in [-0.2, -0.15) is 0 Å². The molecule has 6 rings (SSSR count). The summed E-state index contributed by atoms with van der Waals surface area (Å²) in [5.74, 6) is 1.37. The number of rotatable bonds is 18. The van der Waals surface area contributed by atoms with Crippen molar-refractivity contribution >= 4 is 11.8 Å². The number of nitrogens with zero attached hydrogens (tertiary/aromatic N) is 2. The van der Waals surface area contributed by atoms with Crippen molar-refractivity contribution in [1.82, 2.24) is 20.4 Å². The summed E-state index contributed by atoms with van der Waals surface area (Å²) < 4.78 is 0. The van der Waals surface area contributed by atoms with Crippen LogP contribution in [-0.2, 0) is 9.59 Å². The van der Waals surface area contributed by atoms with Gasteiger partial charge in [0.25, 0.3) is 0 Å². The molecule has 0 aromatic heterocycles. The number of hydrogen-bond acceptors (Lipinski definition) is 4. The maximum absolute atomic E-state index is 12.7. The summed E-state index contributed by atoms with van der Waals surface area (Å²) in [5, 5.41) is 6.58. The molecule has 6 nitrogen and oxygen atoms in total. The van der Waals surface area contributed by atoms with Gasteiger partial charge in [-0.25, -0.2) is 0 Å². The Hall–Kier alpha value is -4.26. The Balaban J connectivity index is 0.761. The molecule has 0 bridgehead atoms. The third kappa shape index (κ3) is 12.9. The van der Waals surface area contributed by atoms with Crippen LogP contribution in [0.2, 0.25) is 0 Å². The molecule has 292 valence electrons. The number of amides is 2. The third-order valence-electron chi connectivity index (χ3n) is 12.1. The first kappa shape index (κ1) is 40.4. The van der Waals surface area contributed by atoms with Crippen molar-refractivity contribution in [3.05, 3.63) is 120 Å². The lowest BCUT2D eigenvalue weighted by molar-refractivity contribution is -0.122. The van der Waals surface area contributed by atoms with Crippen LogP contribution in [0.4, 0.5) is 0 Å². The second-order valence-corrected chi connectivity index (χ2v) is 16.3. The SMILES string of the molecule is C[C@H](CCN1CCC(NC(=O)CCCCCC(=O)NC2CCN(CC[C@@H](C)c3ccc(-c4ccccc4)cc3)CC2)CC1)c1ccc(-c2ccccc2)cc1. The van der Waals surface area contributed by atoms with Crippen molar-refractivity contribution in [3.8, 4) is 22.3 Å². The van der Waals surface area contributed by atoms with Crippen molar-refractivity contribution in [3.63, 3.8) is 0 Å². The lowest BCUT2D eigenvalue weighted by Crippen LogP contribution is -2.45. The van der Waals surface area contributed by atoms with Gasteiger partial charge in [-0.1, -0.05) is 129 Å². The van der Waals surface area contributed by atoms with E-state index in [-0.39, 0.29) is 23.9 Å². The summed E-state index contributed by atoms with van der Waals surface area (Å²) in [6.07, 6.45) is 10.1. The molecule has 0 spiro atoms. The minimum atomic E-state index is 0.164. The van der Waals surface area contributed by atoms with Crippen LogP contribution in [0.3, 0.4) is 0 Å². The van der Waals surface area contributed by atoms with E-state index >= 15 is 0 Å². The third-order valence-corrected chi connectivity index (χ3v) is 12.1. The van der Waals surface area contributed by atoms with Gasteiger partial charge in [-0.05, 0) is 110 Å². The summed E-state index contributed by atoms with van der Waals surface area (Å²) in [5.41, 5.74) is 7.86. The Bertz CT molecular complexity index is 1580. The molecule has 0 radical (unpaired) electrons. The second-order valence-electron chi connectivity index (χ2n) is 16.3. The van der Waals surface area contributed by atoms with Crippen molar-refractivity contribution in [1.29, 1.82) is 0 Å². The molecule has 6 heteroatoms. The Labute approximate surface area is 331 Å². The molecule has 2 saturated heterocycles. The Morgan fingerprint density at radius 2 is 0.855 bits per heavy atom. The van der Waals surface area contributed by atoms with Crippen LogP contribution in [0.15, 0.2) is 109 Å². The Kier molecular flexibility index (Phi) is 15.5. The fourth-order valence-electron chi connectivity index (χ4n) is 8.30. The normalized spacial score (nSPS) is 17.1. The fourth-order valence-corrected chi connectivity index (χ4v) is 8.30. The molecule has 2 heterocycles. The monoisotopic (exact) mass is 741 g/mol. The van der Waals surface area contributed by atoms with Crippen LogP contribution in [0.1, 0.15) is 107 Å².